The van der Waals surface area contributed by atoms with Crippen molar-refractivity contribution in [2.45, 2.75) is 52.0 Å². The number of anilines is 2. The number of rotatable bonds is 9. The summed E-state index contributed by atoms with van der Waals surface area (Å²) in [5.74, 6) is 0.448. The maximum atomic E-state index is 12.8. The molecule has 1 amide bonds. The minimum absolute atomic E-state index is 0.0981. The van der Waals surface area contributed by atoms with Gasteiger partial charge >= 0.3 is 5.97 Å². The van der Waals surface area contributed by atoms with E-state index in [2.05, 4.69) is 30.7 Å². The van der Waals surface area contributed by atoms with Crippen LogP contribution in [0.1, 0.15) is 53.9 Å². The van der Waals surface area contributed by atoms with E-state index in [4.69, 9.17) is 4.52 Å². The molecule has 1 aromatic carbocycles. The van der Waals surface area contributed by atoms with Crippen molar-refractivity contribution in [1.82, 2.24) is 20.1 Å². The van der Waals surface area contributed by atoms with Gasteiger partial charge in [0, 0.05) is 36.0 Å². The van der Waals surface area contributed by atoms with Crippen LogP contribution in [0.15, 0.2) is 35.0 Å². The van der Waals surface area contributed by atoms with Crippen LogP contribution in [0.3, 0.4) is 0 Å². The third-order valence-electron chi connectivity index (χ3n) is 6.29. The molecular formula is C25H26N6O4S. The van der Waals surface area contributed by atoms with E-state index in [0.29, 0.717) is 41.8 Å². The highest BCUT2D eigenvalue weighted by Crippen LogP contribution is 2.34. The molecule has 0 aliphatic heterocycles. The number of fused-ring (bicyclic) bond motifs is 1. The average molecular weight is 507 g/mol. The van der Waals surface area contributed by atoms with E-state index in [1.54, 1.807) is 13.1 Å². The van der Waals surface area contributed by atoms with Gasteiger partial charge in [0.05, 0.1) is 5.69 Å². The number of aryl methyl sites for hydroxylation is 2. The number of hydrogen-bond acceptors (Lipinski definition) is 9. The van der Waals surface area contributed by atoms with Crippen LogP contribution in [-0.4, -0.2) is 43.1 Å². The monoisotopic (exact) mass is 506 g/mol. The molecule has 0 atom stereocenters. The second-order valence-corrected chi connectivity index (χ2v) is 9.93. The van der Waals surface area contributed by atoms with Gasteiger partial charge in [0.1, 0.15) is 10.7 Å². The third-order valence-corrected chi connectivity index (χ3v) is 7.29. The first kappa shape index (κ1) is 23.9. The number of amides is 1. The number of benzene rings is 1. The largest absolute Gasteiger partial charge is 0.477 e. The summed E-state index contributed by atoms with van der Waals surface area (Å²) in [6, 6.07) is 7.96. The van der Waals surface area contributed by atoms with Gasteiger partial charge in [-0.1, -0.05) is 42.0 Å². The van der Waals surface area contributed by atoms with Gasteiger partial charge in [-0.05, 0) is 43.2 Å². The van der Waals surface area contributed by atoms with Crippen molar-refractivity contribution in [3.63, 3.8) is 0 Å². The third kappa shape index (κ3) is 4.92. The zero-order valence-corrected chi connectivity index (χ0v) is 20.8. The van der Waals surface area contributed by atoms with Crippen molar-refractivity contribution in [3.8, 4) is 11.4 Å². The lowest BCUT2D eigenvalue weighted by Crippen LogP contribution is -2.42. The van der Waals surface area contributed by atoms with Crippen LogP contribution in [0, 0.1) is 12.8 Å². The standard InChI is InChI=1S/C25H26N6O4S/c1-3-4-5-19-20(24(33)34)36-25(29-19)30-23(32)16-10-17(11-16)28-22-18-12-15(21-27-13(2)35-31-21)7-6-14(18)8-9-26-22/h6-9,12,16-17H,3-5,10-11H2,1-2H3,(H,26,28)(H,33,34)(H,29,30,32). The highest BCUT2D eigenvalue weighted by atomic mass is 32.1. The highest BCUT2D eigenvalue weighted by molar-refractivity contribution is 7.17. The number of nitrogens with one attached hydrogen (secondary N) is 2. The first-order valence-corrected chi connectivity index (χ1v) is 12.7. The number of hydrogen-bond donors (Lipinski definition) is 3. The van der Waals surface area contributed by atoms with Gasteiger partial charge in [0.15, 0.2) is 5.13 Å². The molecule has 1 fully saturated rings. The minimum Gasteiger partial charge on any atom is -0.477 e. The topological polar surface area (TPSA) is 143 Å². The van der Waals surface area contributed by atoms with Crippen LogP contribution in [-0.2, 0) is 11.2 Å². The summed E-state index contributed by atoms with van der Waals surface area (Å²) in [7, 11) is 0. The lowest BCUT2D eigenvalue weighted by Gasteiger charge is -2.35. The highest BCUT2D eigenvalue weighted by Gasteiger charge is 2.35. The smallest absolute Gasteiger partial charge is 0.347 e. The molecule has 3 N–H and O–H groups in total. The molecule has 1 aliphatic rings. The van der Waals surface area contributed by atoms with E-state index < -0.39 is 5.97 Å². The summed E-state index contributed by atoms with van der Waals surface area (Å²) >= 11 is 1.02. The average Bonchev–Trinajstić information content (AvgIpc) is 3.45. The molecule has 5 rings (SSSR count). The minimum atomic E-state index is -1.01. The van der Waals surface area contributed by atoms with Crippen LogP contribution in [0.25, 0.3) is 22.2 Å². The van der Waals surface area contributed by atoms with E-state index in [9.17, 15) is 14.7 Å². The van der Waals surface area contributed by atoms with Crippen molar-refractivity contribution in [2.24, 2.45) is 5.92 Å². The Morgan fingerprint density at radius 1 is 1.22 bits per heavy atom. The number of carbonyl (C=O) groups is 2. The van der Waals surface area contributed by atoms with Gasteiger partial charge in [-0.15, -0.1) is 0 Å². The Labute approximate surface area is 211 Å². The van der Waals surface area contributed by atoms with Crippen LogP contribution in [0.2, 0.25) is 0 Å². The number of pyridine rings is 1. The summed E-state index contributed by atoms with van der Waals surface area (Å²) in [6.07, 6.45) is 5.43. The van der Waals surface area contributed by atoms with Crippen molar-refractivity contribution < 1.29 is 19.2 Å². The van der Waals surface area contributed by atoms with E-state index in [0.717, 1.165) is 46.3 Å². The fourth-order valence-electron chi connectivity index (χ4n) is 4.28. The van der Waals surface area contributed by atoms with Gasteiger partial charge in [0.2, 0.25) is 17.6 Å². The number of thiazole rings is 1. The van der Waals surface area contributed by atoms with Crippen LogP contribution in [0.4, 0.5) is 10.9 Å². The van der Waals surface area contributed by atoms with E-state index in [1.165, 1.54) is 0 Å². The number of nitrogens with zero attached hydrogens (tertiary/aromatic N) is 4. The Kier molecular flexibility index (Phi) is 6.64. The Morgan fingerprint density at radius 3 is 2.78 bits per heavy atom. The molecule has 3 heterocycles. The molecule has 186 valence electrons. The predicted octanol–water partition coefficient (Wildman–Crippen LogP) is 4.92. The zero-order chi connectivity index (χ0) is 25.2. The van der Waals surface area contributed by atoms with E-state index in [-0.39, 0.29) is 22.7 Å². The maximum absolute atomic E-state index is 12.8. The molecule has 0 unspecified atom stereocenters. The Hall–Kier alpha value is -3.86. The first-order valence-electron chi connectivity index (χ1n) is 11.9. The van der Waals surface area contributed by atoms with Gasteiger partial charge in [0.25, 0.3) is 0 Å². The molecule has 0 saturated heterocycles. The molecule has 0 spiro atoms. The van der Waals surface area contributed by atoms with Crippen molar-refractivity contribution in [2.75, 3.05) is 10.6 Å². The van der Waals surface area contributed by atoms with Gasteiger partial charge in [-0.25, -0.2) is 14.8 Å². The second kappa shape index (κ2) is 10.0. The summed E-state index contributed by atoms with van der Waals surface area (Å²) in [6.45, 7) is 3.79. The van der Waals surface area contributed by atoms with E-state index in [1.807, 2.05) is 31.2 Å². The molecule has 0 bridgehead atoms. The number of unbranched alkanes of at least 4 members (excludes halogenated alkanes) is 1. The molecule has 36 heavy (non-hydrogen) atoms. The van der Waals surface area contributed by atoms with Crippen LogP contribution < -0.4 is 10.6 Å². The van der Waals surface area contributed by atoms with Crippen LogP contribution in [0.5, 0.6) is 0 Å². The Balaban J connectivity index is 1.23. The van der Waals surface area contributed by atoms with Gasteiger partial charge in [-0.3, -0.25) is 4.79 Å². The molecule has 3 aromatic heterocycles. The van der Waals surface area contributed by atoms with Crippen molar-refractivity contribution >= 4 is 44.9 Å². The first-order chi connectivity index (χ1) is 17.4. The fourth-order valence-corrected chi connectivity index (χ4v) is 5.13. The second-order valence-electron chi connectivity index (χ2n) is 8.93. The van der Waals surface area contributed by atoms with Gasteiger partial charge < -0.3 is 20.3 Å². The lowest BCUT2D eigenvalue weighted by atomic mass is 9.79. The number of aromatic nitrogens is 4. The molecule has 4 aromatic rings. The maximum Gasteiger partial charge on any atom is 0.347 e. The van der Waals surface area contributed by atoms with Crippen molar-refractivity contribution in [1.29, 1.82) is 0 Å². The quantitative estimate of drug-likeness (QED) is 0.288. The fraction of sp³-hybridized carbons (Fsp3) is 0.360. The molecule has 0 radical (unpaired) electrons. The number of carbonyl (C=O) groups excluding carboxylic acids is 1. The number of aromatic carboxylic acids is 1. The van der Waals surface area contributed by atoms with E-state index >= 15 is 0 Å². The summed E-state index contributed by atoms with van der Waals surface area (Å²) in [5, 5.41) is 22.0. The van der Waals surface area contributed by atoms with Crippen molar-refractivity contribution in [3.05, 3.63) is 46.9 Å². The lowest BCUT2D eigenvalue weighted by molar-refractivity contribution is -0.122. The Morgan fingerprint density at radius 2 is 2.06 bits per heavy atom. The zero-order valence-electron chi connectivity index (χ0n) is 19.9. The molecule has 1 aliphatic carbocycles. The number of carboxylic acids is 1. The molecule has 1 saturated carbocycles. The Bertz CT molecular complexity index is 1430. The summed E-state index contributed by atoms with van der Waals surface area (Å²) < 4.78 is 5.10. The molecule has 10 nitrogen and oxygen atoms in total. The SMILES string of the molecule is CCCCc1nc(NC(=O)C2CC(Nc3nccc4ccc(-c5noc(C)n5)cc34)C2)sc1C(=O)O. The van der Waals surface area contributed by atoms with Crippen LogP contribution >= 0.6 is 11.3 Å². The predicted molar refractivity (Wildman–Crippen MR) is 136 cm³/mol. The molecular weight excluding hydrogens is 480 g/mol. The van der Waals surface area contributed by atoms with Gasteiger partial charge in [-0.2, -0.15) is 4.98 Å². The summed E-state index contributed by atoms with van der Waals surface area (Å²) in [4.78, 5) is 37.7. The summed E-state index contributed by atoms with van der Waals surface area (Å²) in [5.41, 5.74) is 1.37. The normalized spacial score (nSPS) is 17.1. The molecule has 11 heteroatoms. The number of carboxylic acid groups (broad SMARTS) is 1.